The average Bonchev–Trinajstić information content (AvgIpc) is 2.58. The average molecular weight is 335 g/mol. The second-order valence-electron chi connectivity index (χ2n) is 5.33. The van der Waals surface area contributed by atoms with Gasteiger partial charge in [-0.25, -0.2) is 0 Å². The molecule has 1 fully saturated rings. The minimum atomic E-state index is -0.185. The van der Waals surface area contributed by atoms with E-state index in [0.29, 0.717) is 0 Å². The highest BCUT2D eigenvalue weighted by Crippen LogP contribution is 2.25. The molecule has 0 saturated carbocycles. The standard InChI is InChI=1S/C18H20N2O.ClH.H2O/c21-18(16-9-5-2-6-10-16)17(15-7-3-1-4-8-15)20-13-11-19-12-14-20;;/h1-10,17,19H,11-14H2;1H;1H2. The van der Waals surface area contributed by atoms with Crippen molar-refractivity contribution < 1.29 is 10.3 Å². The minimum Gasteiger partial charge on any atom is -0.412 e. The topological polar surface area (TPSA) is 63.8 Å². The Morgan fingerprint density at radius 2 is 1.43 bits per heavy atom. The van der Waals surface area contributed by atoms with Crippen molar-refractivity contribution in [3.63, 3.8) is 0 Å². The van der Waals surface area contributed by atoms with Crippen LogP contribution in [0.3, 0.4) is 0 Å². The van der Waals surface area contributed by atoms with Crippen molar-refractivity contribution in [2.75, 3.05) is 26.2 Å². The maximum Gasteiger partial charge on any atom is 0.184 e. The number of rotatable bonds is 4. The number of hydrogen-bond acceptors (Lipinski definition) is 3. The van der Waals surface area contributed by atoms with E-state index in [1.807, 2.05) is 60.7 Å². The predicted molar refractivity (Wildman–Crippen MR) is 95.3 cm³/mol. The molecule has 0 radical (unpaired) electrons. The van der Waals surface area contributed by atoms with Crippen LogP contribution in [0.4, 0.5) is 0 Å². The Labute approximate surface area is 143 Å². The summed E-state index contributed by atoms with van der Waals surface area (Å²) in [5.41, 5.74) is 1.86. The first kappa shape index (κ1) is 19.3. The van der Waals surface area contributed by atoms with Gasteiger partial charge in [-0.3, -0.25) is 9.69 Å². The monoisotopic (exact) mass is 334 g/mol. The van der Waals surface area contributed by atoms with Crippen LogP contribution in [0.25, 0.3) is 0 Å². The molecule has 23 heavy (non-hydrogen) atoms. The molecule has 3 rings (SSSR count). The number of carbonyl (C=O) groups is 1. The molecule has 1 aliphatic heterocycles. The number of nitrogens with zero attached hydrogens (tertiary/aromatic N) is 1. The summed E-state index contributed by atoms with van der Waals surface area (Å²) in [5.74, 6) is 0.184. The van der Waals surface area contributed by atoms with Crippen molar-refractivity contribution >= 4 is 18.2 Å². The van der Waals surface area contributed by atoms with Crippen LogP contribution in [0.2, 0.25) is 0 Å². The van der Waals surface area contributed by atoms with Crippen LogP contribution in [-0.2, 0) is 0 Å². The van der Waals surface area contributed by atoms with Crippen LogP contribution < -0.4 is 5.32 Å². The maximum atomic E-state index is 13.0. The van der Waals surface area contributed by atoms with Gasteiger partial charge >= 0.3 is 0 Å². The number of hydrogen-bond donors (Lipinski definition) is 1. The van der Waals surface area contributed by atoms with Gasteiger partial charge in [0.15, 0.2) is 5.78 Å². The van der Waals surface area contributed by atoms with E-state index in [1.54, 1.807) is 0 Å². The summed E-state index contributed by atoms with van der Waals surface area (Å²) in [4.78, 5) is 15.3. The van der Waals surface area contributed by atoms with Crippen LogP contribution in [0, 0.1) is 0 Å². The molecule has 1 heterocycles. The molecule has 124 valence electrons. The fourth-order valence-corrected chi connectivity index (χ4v) is 2.86. The zero-order valence-corrected chi connectivity index (χ0v) is 13.8. The molecule has 0 aliphatic carbocycles. The summed E-state index contributed by atoms with van der Waals surface area (Å²) in [5, 5.41) is 3.35. The summed E-state index contributed by atoms with van der Waals surface area (Å²) in [7, 11) is 0. The second-order valence-corrected chi connectivity index (χ2v) is 5.33. The molecule has 0 aromatic heterocycles. The van der Waals surface area contributed by atoms with Crippen LogP contribution in [0.15, 0.2) is 60.7 Å². The maximum absolute atomic E-state index is 13.0. The summed E-state index contributed by atoms with van der Waals surface area (Å²) in [6.07, 6.45) is 0. The highest BCUT2D eigenvalue weighted by molar-refractivity contribution is 6.00. The molecule has 1 unspecified atom stereocenters. The van der Waals surface area contributed by atoms with E-state index in [4.69, 9.17) is 0 Å². The van der Waals surface area contributed by atoms with Crippen molar-refractivity contribution in [2.24, 2.45) is 0 Å². The number of Topliss-reactive ketones (excluding diaryl/α,β-unsaturated/α-hetero) is 1. The van der Waals surface area contributed by atoms with E-state index in [0.717, 1.165) is 37.3 Å². The van der Waals surface area contributed by atoms with Gasteiger partial charge in [0, 0.05) is 31.7 Å². The van der Waals surface area contributed by atoms with E-state index in [2.05, 4.69) is 10.2 Å². The molecule has 4 nitrogen and oxygen atoms in total. The van der Waals surface area contributed by atoms with E-state index in [-0.39, 0.29) is 29.7 Å². The van der Waals surface area contributed by atoms with Gasteiger partial charge in [0.25, 0.3) is 0 Å². The van der Waals surface area contributed by atoms with Crippen molar-refractivity contribution in [3.8, 4) is 0 Å². The minimum absolute atomic E-state index is 0. The fourth-order valence-electron chi connectivity index (χ4n) is 2.86. The third-order valence-corrected chi connectivity index (χ3v) is 3.94. The van der Waals surface area contributed by atoms with Crippen molar-refractivity contribution in [1.29, 1.82) is 0 Å². The van der Waals surface area contributed by atoms with Gasteiger partial charge in [-0.05, 0) is 5.56 Å². The normalized spacial score (nSPS) is 15.8. The Bertz CT molecular complexity index is 586. The summed E-state index contributed by atoms with van der Waals surface area (Å²) in [6.45, 7) is 3.67. The van der Waals surface area contributed by atoms with Gasteiger partial charge in [0.1, 0.15) is 0 Å². The first-order valence-electron chi connectivity index (χ1n) is 7.45. The number of nitrogens with one attached hydrogen (secondary N) is 1. The van der Waals surface area contributed by atoms with Gasteiger partial charge in [-0.15, -0.1) is 12.4 Å². The van der Waals surface area contributed by atoms with Crippen molar-refractivity contribution in [1.82, 2.24) is 10.2 Å². The third-order valence-electron chi connectivity index (χ3n) is 3.94. The molecule has 2 aromatic carbocycles. The van der Waals surface area contributed by atoms with Gasteiger partial charge in [-0.1, -0.05) is 60.7 Å². The Morgan fingerprint density at radius 1 is 0.913 bits per heavy atom. The van der Waals surface area contributed by atoms with Crippen LogP contribution in [-0.4, -0.2) is 42.3 Å². The molecular weight excluding hydrogens is 312 g/mol. The smallest absolute Gasteiger partial charge is 0.184 e. The lowest BCUT2D eigenvalue weighted by Crippen LogP contribution is -2.47. The quantitative estimate of drug-likeness (QED) is 0.871. The Kier molecular flexibility index (Phi) is 7.92. The Balaban J connectivity index is 0.00000132. The molecule has 5 heteroatoms. The molecular formula is C18H23ClN2O2. The molecule has 1 atom stereocenters. The lowest BCUT2D eigenvalue weighted by Gasteiger charge is -2.34. The fraction of sp³-hybridized carbons (Fsp3) is 0.278. The molecule has 0 bridgehead atoms. The zero-order chi connectivity index (χ0) is 14.5. The van der Waals surface area contributed by atoms with Gasteiger partial charge in [-0.2, -0.15) is 0 Å². The molecule has 1 aliphatic rings. The molecule has 2 aromatic rings. The Morgan fingerprint density at radius 3 is 2.00 bits per heavy atom. The van der Waals surface area contributed by atoms with E-state index in [1.165, 1.54) is 0 Å². The van der Waals surface area contributed by atoms with Crippen LogP contribution in [0.1, 0.15) is 22.0 Å². The van der Waals surface area contributed by atoms with E-state index >= 15 is 0 Å². The lowest BCUT2D eigenvalue weighted by molar-refractivity contribution is 0.0795. The van der Waals surface area contributed by atoms with Gasteiger partial charge in [0.05, 0.1) is 6.04 Å². The molecule has 3 N–H and O–H groups in total. The molecule has 0 spiro atoms. The summed E-state index contributed by atoms with van der Waals surface area (Å²) >= 11 is 0. The Hall–Kier alpha value is -1.72. The third kappa shape index (κ3) is 4.62. The van der Waals surface area contributed by atoms with E-state index < -0.39 is 0 Å². The number of halogens is 1. The SMILES string of the molecule is Cl.O.O=C(c1ccccc1)C(c1ccccc1)N1CCNCC1. The number of carbonyl (C=O) groups excluding carboxylic acids is 1. The first-order chi connectivity index (χ1) is 10.4. The second kappa shape index (κ2) is 9.43. The van der Waals surface area contributed by atoms with Crippen molar-refractivity contribution in [3.05, 3.63) is 71.8 Å². The van der Waals surface area contributed by atoms with Gasteiger partial charge in [0.2, 0.25) is 0 Å². The summed E-state index contributed by atoms with van der Waals surface area (Å²) < 4.78 is 0. The predicted octanol–water partition coefficient (Wildman–Crippen LogP) is 2.11. The van der Waals surface area contributed by atoms with Crippen LogP contribution in [0.5, 0.6) is 0 Å². The van der Waals surface area contributed by atoms with Crippen LogP contribution >= 0.6 is 12.4 Å². The zero-order valence-electron chi connectivity index (χ0n) is 12.9. The number of ketones is 1. The highest BCUT2D eigenvalue weighted by Gasteiger charge is 2.29. The molecule has 0 amide bonds. The largest absolute Gasteiger partial charge is 0.412 e. The molecule has 1 saturated heterocycles. The highest BCUT2D eigenvalue weighted by atomic mass is 35.5. The lowest BCUT2D eigenvalue weighted by atomic mass is 9.95. The van der Waals surface area contributed by atoms with E-state index in [9.17, 15) is 4.79 Å². The number of piperazine rings is 1. The summed E-state index contributed by atoms with van der Waals surface area (Å²) in [6, 6.07) is 19.5. The van der Waals surface area contributed by atoms with Crippen molar-refractivity contribution in [2.45, 2.75) is 6.04 Å². The van der Waals surface area contributed by atoms with Gasteiger partial charge < -0.3 is 10.8 Å². The number of benzene rings is 2. The first-order valence-corrected chi connectivity index (χ1v) is 7.45.